The second kappa shape index (κ2) is 9.94. The van der Waals surface area contributed by atoms with Gasteiger partial charge in [0.15, 0.2) is 5.96 Å². The number of aliphatic imine (C=N–C) groups is 1. The first-order valence-electron chi connectivity index (χ1n) is 9.40. The van der Waals surface area contributed by atoms with Crippen LogP contribution in [0.3, 0.4) is 0 Å². The molecule has 0 aliphatic carbocycles. The first-order chi connectivity index (χ1) is 12.8. The maximum Gasteiger partial charge on any atom is 0.193 e. The van der Waals surface area contributed by atoms with E-state index in [1.54, 1.807) is 0 Å². The molecule has 2 aromatic rings. The molecule has 5 nitrogen and oxygen atoms in total. The molecule has 1 aliphatic rings. The molecule has 0 aromatic heterocycles. The van der Waals surface area contributed by atoms with E-state index in [2.05, 4.69) is 50.4 Å². The highest BCUT2D eigenvalue weighted by Gasteiger charge is 2.16. The van der Waals surface area contributed by atoms with Crippen LogP contribution in [-0.4, -0.2) is 55.0 Å². The van der Waals surface area contributed by atoms with Crippen LogP contribution < -0.4 is 11.1 Å². The third kappa shape index (κ3) is 6.17. The molecule has 0 atom stereocenters. The maximum absolute atomic E-state index is 5.94. The molecule has 1 aliphatic heterocycles. The zero-order chi connectivity index (χ0) is 18.0. The van der Waals surface area contributed by atoms with Gasteiger partial charge in [-0.3, -0.25) is 9.89 Å². The Kier molecular flexibility index (Phi) is 7.05. The van der Waals surface area contributed by atoms with Gasteiger partial charge in [0, 0.05) is 51.5 Å². The van der Waals surface area contributed by atoms with Gasteiger partial charge in [0.25, 0.3) is 0 Å². The van der Waals surface area contributed by atoms with Crippen molar-refractivity contribution < 1.29 is 0 Å². The zero-order valence-electron chi connectivity index (χ0n) is 15.3. The third-order valence-corrected chi connectivity index (χ3v) is 4.67. The number of rotatable bonds is 7. The smallest absolute Gasteiger partial charge is 0.193 e. The summed E-state index contributed by atoms with van der Waals surface area (Å²) in [4.78, 5) is 9.48. The summed E-state index contributed by atoms with van der Waals surface area (Å²) in [5.74, 6) is 0.490. The predicted octanol–water partition coefficient (Wildman–Crippen LogP) is 2.62. The molecule has 1 fully saturated rings. The van der Waals surface area contributed by atoms with E-state index < -0.39 is 0 Å². The van der Waals surface area contributed by atoms with Crippen LogP contribution >= 0.6 is 0 Å². The highest BCUT2D eigenvalue weighted by atomic mass is 15.3. The fraction of sp³-hybridized carbons (Fsp3) is 0.381. The fourth-order valence-corrected chi connectivity index (χ4v) is 3.22. The van der Waals surface area contributed by atoms with Crippen molar-refractivity contribution in [3.63, 3.8) is 0 Å². The summed E-state index contributed by atoms with van der Waals surface area (Å²) in [6.45, 7) is 7.44. The minimum absolute atomic E-state index is 0.490. The van der Waals surface area contributed by atoms with Gasteiger partial charge < -0.3 is 16.0 Å². The Bertz CT molecular complexity index is 663. The molecular formula is C21H29N5. The lowest BCUT2D eigenvalue weighted by molar-refractivity contribution is 0.127. The van der Waals surface area contributed by atoms with Crippen molar-refractivity contribution in [1.29, 1.82) is 0 Å². The minimum atomic E-state index is 0.490. The van der Waals surface area contributed by atoms with Crippen LogP contribution in [0.1, 0.15) is 12.0 Å². The van der Waals surface area contributed by atoms with E-state index in [-0.39, 0.29) is 0 Å². The highest BCUT2D eigenvalue weighted by molar-refractivity contribution is 5.92. The number of nitrogens with one attached hydrogen (secondary N) is 1. The van der Waals surface area contributed by atoms with Crippen molar-refractivity contribution >= 4 is 11.6 Å². The summed E-state index contributed by atoms with van der Waals surface area (Å²) in [6.07, 6.45) is 1.04. The molecule has 3 N–H and O–H groups in total. The van der Waals surface area contributed by atoms with Crippen LogP contribution in [0, 0.1) is 0 Å². The fourth-order valence-electron chi connectivity index (χ4n) is 3.22. The Labute approximate surface area is 156 Å². The summed E-state index contributed by atoms with van der Waals surface area (Å²) in [7, 11) is 0. The Morgan fingerprint density at radius 1 is 0.885 bits per heavy atom. The molecule has 0 spiro atoms. The molecule has 0 radical (unpaired) electrons. The zero-order valence-corrected chi connectivity index (χ0v) is 15.3. The quantitative estimate of drug-likeness (QED) is 0.457. The Balaban J connectivity index is 1.31. The molecule has 2 aromatic carbocycles. The summed E-state index contributed by atoms with van der Waals surface area (Å²) in [6, 6.07) is 20.6. The van der Waals surface area contributed by atoms with E-state index >= 15 is 0 Å². The molecule has 3 rings (SSSR count). The van der Waals surface area contributed by atoms with E-state index in [1.807, 2.05) is 30.3 Å². The van der Waals surface area contributed by atoms with Gasteiger partial charge in [-0.25, -0.2) is 0 Å². The summed E-state index contributed by atoms with van der Waals surface area (Å²) >= 11 is 0. The van der Waals surface area contributed by atoms with Crippen molar-refractivity contribution in [2.45, 2.75) is 13.0 Å². The van der Waals surface area contributed by atoms with Crippen LogP contribution in [0.25, 0.3) is 0 Å². The van der Waals surface area contributed by atoms with Gasteiger partial charge in [0.1, 0.15) is 0 Å². The number of benzene rings is 2. The minimum Gasteiger partial charge on any atom is -0.370 e. The maximum atomic E-state index is 5.94. The normalized spacial score (nSPS) is 16.5. The van der Waals surface area contributed by atoms with E-state index in [4.69, 9.17) is 5.73 Å². The van der Waals surface area contributed by atoms with Gasteiger partial charge in [-0.15, -0.1) is 0 Å². The summed E-state index contributed by atoms with van der Waals surface area (Å²) in [5.41, 5.74) is 8.31. The van der Waals surface area contributed by atoms with Gasteiger partial charge in [0.2, 0.25) is 0 Å². The summed E-state index contributed by atoms with van der Waals surface area (Å²) in [5, 5.41) is 3.12. The topological polar surface area (TPSA) is 56.9 Å². The van der Waals surface area contributed by atoms with Crippen molar-refractivity contribution in [3.05, 3.63) is 66.2 Å². The standard InChI is InChI=1S/C21H29N5/c22-21(24-20-10-5-2-6-11-20)23-12-7-13-25-14-16-26(17-15-25)18-19-8-3-1-4-9-19/h1-6,8-11H,7,12-18H2,(H3,22,23,24). The predicted molar refractivity (Wildman–Crippen MR) is 109 cm³/mol. The Morgan fingerprint density at radius 2 is 1.50 bits per heavy atom. The molecule has 1 heterocycles. The Hall–Kier alpha value is -2.37. The first kappa shape index (κ1) is 18.4. The lowest BCUT2D eigenvalue weighted by atomic mass is 10.2. The van der Waals surface area contributed by atoms with E-state index in [1.165, 1.54) is 5.56 Å². The second-order valence-electron chi connectivity index (χ2n) is 6.71. The van der Waals surface area contributed by atoms with Gasteiger partial charge in [-0.2, -0.15) is 0 Å². The third-order valence-electron chi connectivity index (χ3n) is 4.67. The van der Waals surface area contributed by atoms with Gasteiger partial charge in [-0.05, 0) is 24.1 Å². The SMILES string of the molecule is NC(=NCCCN1CCN(Cc2ccccc2)CC1)Nc1ccccc1. The molecule has 0 bridgehead atoms. The number of nitrogens with two attached hydrogens (primary N) is 1. The van der Waals surface area contributed by atoms with Crippen molar-refractivity contribution in [1.82, 2.24) is 9.80 Å². The van der Waals surface area contributed by atoms with Crippen LogP contribution in [0.4, 0.5) is 5.69 Å². The number of piperazine rings is 1. The molecule has 1 saturated heterocycles. The molecular weight excluding hydrogens is 322 g/mol. The largest absolute Gasteiger partial charge is 0.370 e. The number of para-hydroxylation sites is 1. The van der Waals surface area contributed by atoms with Crippen molar-refractivity contribution in [2.24, 2.45) is 10.7 Å². The average molecular weight is 351 g/mol. The lowest BCUT2D eigenvalue weighted by Gasteiger charge is -2.34. The number of hydrogen-bond donors (Lipinski definition) is 2. The second-order valence-corrected chi connectivity index (χ2v) is 6.71. The average Bonchev–Trinajstić information content (AvgIpc) is 2.68. The van der Waals surface area contributed by atoms with Gasteiger partial charge in [0.05, 0.1) is 0 Å². The lowest BCUT2D eigenvalue weighted by Crippen LogP contribution is -2.46. The number of anilines is 1. The van der Waals surface area contributed by atoms with Crippen LogP contribution in [-0.2, 0) is 6.54 Å². The van der Waals surface area contributed by atoms with Crippen LogP contribution in [0.15, 0.2) is 65.7 Å². The molecule has 26 heavy (non-hydrogen) atoms. The Morgan fingerprint density at radius 3 is 2.19 bits per heavy atom. The molecule has 0 unspecified atom stereocenters. The molecule has 5 heteroatoms. The molecule has 0 saturated carbocycles. The van der Waals surface area contributed by atoms with E-state index in [9.17, 15) is 0 Å². The van der Waals surface area contributed by atoms with Crippen molar-refractivity contribution in [3.8, 4) is 0 Å². The van der Waals surface area contributed by atoms with E-state index in [0.717, 1.165) is 57.9 Å². The number of guanidine groups is 1. The first-order valence-corrected chi connectivity index (χ1v) is 9.40. The molecule has 138 valence electrons. The summed E-state index contributed by atoms with van der Waals surface area (Å²) < 4.78 is 0. The number of hydrogen-bond acceptors (Lipinski definition) is 3. The van der Waals surface area contributed by atoms with E-state index in [0.29, 0.717) is 5.96 Å². The van der Waals surface area contributed by atoms with Gasteiger partial charge in [-0.1, -0.05) is 48.5 Å². The highest BCUT2D eigenvalue weighted by Crippen LogP contribution is 2.09. The van der Waals surface area contributed by atoms with Gasteiger partial charge >= 0.3 is 0 Å². The number of nitrogens with zero attached hydrogens (tertiary/aromatic N) is 3. The monoisotopic (exact) mass is 351 g/mol. The van der Waals surface area contributed by atoms with Crippen molar-refractivity contribution in [2.75, 3.05) is 44.6 Å². The molecule has 0 amide bonds. The van der Waals surface area contributed by atoms with Crippen LogP contribution in [0.2, 0.25) is 0 Å². The van der Waals surface area contributed by atoms with Crippen LogP contribution in [0.5, 0.6) is 0 Å².